The molecule has 1 aromatic carbocycles. The van der Waals surface area contributed by atoms with Crippen molar-refractivity contribution in [3.63, 3.8) is 0 Å². The lowest BCUT2D eigenvalue weighted by atomic mass is 9.97. The largest absolute Gasteiger partial charge is 0.368 e. The Kier molecular flexibility index (Phi) is 2.25. The Labute approximate surface area is 98.6 Å². The highest BCUT2D eigenvalue weighted by atomic mass is 79.9. The fraction of sp³-hybridized carbons (Fsp3) is 0.500. The second-order valence-corrected chi connectivity index (χ2v) is 5.52. The van der Waals surface area contributed by atoms with Gasteiger partial charge in [-0.1, -0.05) is 22.0 Å². The van der Waals surface area contributed by atoms with Crippen LogP contribution in [0.3, 0.4) is 0 Å². The van der Waals surface area contributed by atoms with Crippen molar-refractivity contribution in [3.8, 4) is 0 Å². The molecule has 0 amide bonds. The summed E-state index contributed by atoms with van der Waals surface area (Å²) in [4.78, 5) is 2.53. The minimum Gasteiger partial charge on any atom is -0.368 e. The molecule has 3 heteroatoms. The molecule has 0 aliphatic carbocycles. The average molecular weight is 267 g/mol. The van der Waals surface area contributed by atoms with Gasteiger partial charge in [0.05, 0.1) is 0 Å². The number of hydrogen-bond donors (Lipinski definition) is 1. The van der Waals surface area contributed by atoms with Crippen molar-refractivity contribution in [2.75, 3.05) is 11.4 Å². The van der Waals surface area contributed by atoms with Crippen LogP contribution in [0.5, 0.6) is 0 Å². The van der Waals surface area contributed by atoms with E-state index in [0.29, 0.717) is 12.1 Å². The Morgan fingerprint density at radius 2 is 2.27 bits per heavy atom. The lowest BCUT2D eigenvalue weighted by Gasteiger charge is -2.35. The summed E-state index contributed by atoms with van der Waals surface area (Å²) in [5.41, 5.74) is 8.92. The predicted octanol–water partition coefficient (Wildman–Crippen LogP) is 2.30. The molecule has 2 aliphatic heterocycles. The molecule has 1 aromatic rings. The number of rotatable bonds is 0. The van der Waals surface area contributed by atoms with Crippen molar-refractivity contribution in [2.45, 2.75) is 31.3 Å². The fourth-order valence-corrected chi connectivity index (χ4v) is 3.17. The van der Waals surface area contributed by atoms with E-state index in [1.54, 1.807) is 0 Å². The summed E-state index contributed by atoms with van der Waals surface area (Å²) in [5.74, 6) is 0. The molecule has 1 fully saturated rings. The van der Waals surface area contributed by atoms with Crippen molar-refractivity contribution in [3.05, 3.63) is 28.2 Å². The molecule has 0 radical (unpaired) electrons. The van der Waals surface area contributed by atoms with Gasteiger partial charge < -0.3 is 10.6 Å². The Balaban J connectivity index is 1.96. The molecule has 3 rings (SSSR count). The van der Waals surface area contributed by atoms with Crippen molar-refractivity contribution >= 4 is 21.6 Å². The fourth-order valence-electron chi connectivity index (χ4n) is 2.82. The molecule has 1 saturated heterocycles. The van der Waals surface area contributed by atoms with E-state index in [2.05, 4.69) is 39.0 Å². The zero-order chi connectivity index (χ0) is 10.4. The van der Waals surface area contributed by atoms with Gasteiger partial charge in [-0.15, -0.1) is 0 Å². The normalized spacial score (nSPS) is 28.8. The SMILES string of the molecule is NC1CCN2c3cc(Br)ccc3CC2C1. The number of anilines is 1. The third-order valence-corrected chi connectivity index (χ3v) is 4.06. The summed E-state index contributed by atoms with van der Waals surface area (Å²) in [6.07, 6.45) is 3.45. The van der Waals surface area contributed by atoms with Gasteiger partial charge in [0, 0.05) is 28.8 Å². The highest BCUT2D eigenvalue weighted by Gasteiger charge is 2.33. The number of nitrogens with zero attached hydrogens (tertiary/aromatic N) is 1. The maximum Gasteiger partial charge on any atom is 0.0413 e. The standard InChI is InChI=1S/C12H15BrN2/c13-9-2-1-8-5-11-7-10(14)3-4-15(11)12(8)6-9/h1-2,6,10-11H,3-5,7,14H2. The molecule has 0 bridgehead atoms. The van der Waals surface area contributed by atoms with E-state index in [1.807, 2.05) is 0 Å². The van der Waals surface area contributed by atoms with E-state index in [9.17, 15) is 0 Å². The quantitative estimate of drug-likeness (QED) is 0.781. The Hall–Kier alpha value is -0.540. The maximum atomic E-state index is 6.02. The van der Waals surface area contributed by atoms with Gasteiger partial charge in [0.15, 0.2) is 0 Å². The van der Waals surface area contributed by atoms with Gasteiger partial charge in [-0.25, -0.2) is 0 Å². The summed E-state index contributed by atoms with van der Waals surface area (Å²) in [7, 11) is 0. The van der Waals surface area contributed by atoms with Crippen LogP contribution in [0, 0.1) is 0 Å². The second-order valence-electron chi connectivity index (χ2n) is 4.61. The summed E-state index contributed by atoms with van der Waals surface area (Å²) >= 11 is 3.54. The van der Waals surface area contributed by atoms with Crippen LogP contribution >= 0.6 is 15.9 Å². The third-order valence-electron chi connectivity index (χ3n) is 3.57. The Morgan fingerprint density at radius 1 is 1.40 bits per heavy atom. The molecule has 0 aromatic heterocycles. The molecule has 2 nitrogen and oxygen atoms in total. The molecule has 2 atom stereocenters. The zero-order valence-electron chi connectivity index (χ0n) is 8.62. The minimum atomic E-state index is 0.406. The molecular weight excluding hydrogens is 252 g/mol. The van der Waals surface area contributed by atoms with Crippen LogP contribution in [0.2, 0.25) is 0 Å². The van der Waals surface area contributed by atoms with E-state index in [-0.39, 0.29) is 0 Å². The number of benzene rings is 1. The van der Waals surface area contributed by atoms with Crippen LogP contribution in [0.1, 0.15) is 18.4 Å². The number of hydrogen-bond acceptors (Lipinski definition) is 2. The van der Waals surface area contributed by atoms with Gasteiger partial charge in [-0.05, 0) is 37.0 Å². The van der Waals surface area contributed by atoms with E-state index < -0.39 is 0 Å². The zero-order valence-corrected chi connectivity index (χ0v) is 10.2. The van der Waals surface area contributed by atoms with Crippen LogP contribution in [0.25, 0.3) is 0 Å². The number of fused-ring (bicyclic) bond motifs is 3. The molecule has 80 valence electrons. The van der Waals surface area contributed by atoms with Crippen LogP contribution in [-0.2, 0) is 6.42 Å². The van der Waals surface area contributed by atoms with Crippen molar-refractivity contribution in [1.29, 1.82) is 0 Å². The molecule has 2 heterocycles. The van der Waals surface area contributed by atoms with Crippen molar-refractivity contribution in [2.24, 2.45) is 5.73 Å². The van der Waals surface area contributed by atoms with E-state index >= 15 is 0 Å². The Morgan fingerprint density at radius 3 is 3.13 bits per heavy atom. The van der Waals surface area contributed by atoms with Gasteiger partial charge in [-0.2, -0.15) is 0 Å². The van der Waals surface area contributed by atoms with Crippen molar-refractivity contribution < 1.29 is 0 Å². The lowest BCUT2D eigenvalue weighted by molar-refractivity contribution is 0.425. The second kappa shape index (κ2) is 3.49. The first-order valence-electron chi connectivity index (χ1n) is 5.54. The molecule has 15 heavy (non-hydrogen) atoms. The first-order valence-corrected chi connectivity index (χ1v) is 6.34. The van der Waals surface area contributed by atoms with Gasteiger partial charge in [0.1, 0.15) is 0 Å². The number of halogens is 1. The smallest absolute Gasteiger partial charge is 0.0413 e. The summed E-state index contributed by atoms with van der Waals surface area (Å²) < 4.78 is 1.18. The van der Waals surface area contributed by atoms with Crippen LogP contribution in [0.15, 0.2) is 22.7 Å². The summed E-state index contributed by atoms with van der Waals surface area (Å²) in [6.45, 7) is 1.12. The van der Waals surface area contributed by atoms with Crippen LogP contribution < -0.4 is 10.6 Å². The van der Waals surface area contributed by atoms with Gasteiger partial charge in [0.2, 0.25) is 0 Å². The number of piperidine rings is 1. The molecule has 2 N–H and O–H groups in total. The predicted molar refractivity (Wildman–Crippen MR) is 66.2 cm³/mol. The molecule has 2 unspecified atom stereocenters. The van der Waals surface area contributed by atoms with E-state index in [4.69, 9.17) is 5.73 Å². The average Bonchev–Trinajstić information content (AvgIpc) is 2.54. The topological polar surface area (TPSA) is 29.3 Å². The first kappa shape index (κ1) is 9.67. The van der Waals surface area contributed by atoms with Gasteiger partial charge >= 0.3 is 0 Å². The summed E-state index contributed by atoms with van der Waals surface area (Å²) in [5, 5.41) is 0. The van der Waals surface area contributed by atoms with Crippen LogP contribution in [-0.4, -0.2) is 18.6 Å². The molecule has 2 aliphatic rings. The lowest BCUT2D eigenvalue weighted by Crippen LogP contribution is -2.45. The first-order chi connectivity index (χ1) is 7.24. The van der Waals surface area contributed by atoms with E-state index in [1.165, 1.54) is 22.1 Å². The molecular formula is C12H15BrN2. The maximum absolute atomic E-state index is 6.02. The number of nitrogens with two attached hydrogens (primary N) is 1. The van der Waals surface area contributed by atoms with Crippen LogP contribution in [0.4, 0.5) is 5.69 Å². The molecule has 0 spiro atoms. The Bertz CT molecular complexity index is 391. The molecule has 0 saturated carbocycles. The highest BCUT2D eigenvalue weighted by Crippen LogP contribution is 2.37. The van der Waals surface area contributed by atoms with Gasteiger partial charge in [-0.3, -0.25) is 0 Å². The third kappa shape index (κ3) is 1.58. The monoisotopic (exact) mass is 266 g/mol. The highest BCUT2D eigenvalue weighted by molar-refractivity contribution is 9.10. The van der Waals surface area contributed by atoms with Gasteiger partial charge in [0.25, 0.3) is 0 Å². The summed E-state index contributed by atoms with van der Waals surface area (Å²) in [6, 6.07) is 7.68. The van der Waals surface area contributed by atoms with Crippen molar-refractivity contribution in [1.82, 2.24) is 0 Å². The van der Waals surface area contributed by atoms with E-state index in [0.717, 1.165) is 19.4 Å². The minimum absolute atomic E-state index is 0.406.